The zero-order valence-corrected chi connectivity index (χ0v) is 7.42. The van der Waals surface area contributed by atoms with Crippen molar-refractivity contribution in [1.29, 1.82) is 5.41 Å². The smallest absolute Gasteiger partial charge is 0.191 e. The van der Waals surface area contributed by atoms with Crippen LogP contribution in [0.2, 0.25) is 0 Å². The molecule has 0 aliphatic carbocycles. The lowest BCUT2D eigenvalue weighted by Gasteiger charge is -2.06. The zero-order valence-electron chi connectivity index (χ0n) is 6.60. The van der Waals surface area contributed by atoms with Crippen LogP contribution in [0.15, 0.2) is 0 Å². The summed E-state index contributed by atoms with van der Waals surface area (Å²) in [5, 5.41) is 7.85. The monoisotopic (exact) mass is 159 g/mol. The fraction of sp³-hybridized carbons (Fsp3) is 0.714. The number of rotatable bonds is 2. The van der Waals surface area contributed by atoms with Crippen molar-refractivity contribution in [2.45, 2.75) is 27.2 Å². The van der Waals surface area contributed by atoms with Crippen molar-refractivity contribution in [2.24, 2.45) is 5.92 Å². The SMILES string of the molecule is CCC(C)C(=N)SC(C)=O. The Labute approximate surface area is 65.9 Å². The van der Waals surface area contributed by atoms with E-state index in [0.717, 1.165) is 18.2 Å². The first-order valence-corrected chi connectivity index (χ1v) is 4.16. The van der Waals surface area contributed by atoms with Crippen LogP contribution in [-0.2, 0) is 4.79 Å². The fourth-order valence-corrected chi connectivity index (χ4v) is 1.12. The highest BCUT2D eigenvalue weighted by atomic mass is 32.2. The van der Waals surface area contributed by atoms with Gasteiger partial charge >= 0.3 is 0 Å². The minimum absolute atomic E-state index is 0.00491. The number of carbonyl (C=O) groups is 1. The molecule has 10 heavy (non-hydrogen) atoms. The summed E-state index contributed by atoms with van der Waals surface area (Å²) >= 11 is 1.03. The number of thioether (sulfide) groups is 1. The van der Waals surface area contributed by atoms with Crippen LogP contribution < -0.4 is 0 Å². The van der Waals surface area contributed by atoms with Crippen molar-refractivity contribution in [1.82, 2.24) is 0 Å². The van der Waals surface area contributed by atoms with Gasteiger partial charge in [-0.3, -0.25) is 10.2 Å². The van der Waals surface area contributed by atoms with Crippen LogP contribution in [0.1, 0.15) is 27.2 Å². The number of nitrogens with one attached hydrogen (secondary N) is 1. The molecule has 1 atom stereocenters. The largest absolute Gasteiger partial charge is 0.298 e. The van der Waals surface area contributed by atoms with E-state index in [0.29, 0.717) is 5.04 Å². The maximum Gasteiger partial charge on any atom is 0.191 e. The minimum atomic E-state index is 0.00491. The van der Waals surface area contributed by atoms with E-state index < -0.39 is 0 Å². The maximum absolute atomic E-state index is 10.5. The van der Waals surface area contributed by atoms with Crippen LogP contribution in [0.5, 0.6) is 0 Å². The molecule has 0 radical (unpaired) electrons. The number of hydrogen-bond acceptors (Lipinski definition) is 3. The molecule has 0 aliphatic rings. The van der Waals surface area contributed by atoms with Crippen molar-refractivity contribution in [2.75, 3.05) is 0 Å². The molecular weight excluding hydrogens is 146 g/mol. The van der Waals surface area contributed by atoms with Crippen LogP contribution >= 0.6 is 11.8 Å². The van der Waals surface area contributed by atoms with Crippen LogP contribution in [0.3, 0.4) is 0 Å². The van der Waals surface area contributed by atoms with Gasteiger partial charge in [-0.2, -0.15) is 0 Å². The Bertz CT molecular complexity index is 145. The van der Waals surface area contributed by atoms with Crippen molar-refractivity contribution in [3.8, 4) is 0 Å². The van der Waals surface area contributed by atoms with E-state index in [1.165, 1.54) is 6.92 Å². The topological polar surface area (TPSA) is 40.9 Å². The third-order valence-corrected chi connectivity index (χ3v) is 2.22. The van der Waals surface area contributed by atoms with E-state index in [4.69, 9.17) is 5.41 Å². The highest BCUT2D eigenvalue weighted by molar-refractivity contribution is 8.26. The van der Waals surface area contributed by atoms with E-state index in [9.17, 15) is 4.79 Å². The lowest BCUT2D eigenvalue weighted by Crippen LogP contribution is -2.05. The number of hydrogen-bond donors (Lipinski definition) is 1. The van der Waals surface area contributed by atoms with Gasteiger partial charge in [0.05, 0.1) is 5.04 Å². The predicted molar refractivity (Wildman–Crippen MR) is 45.5 cm³/mol. The molecule has 0 fully saturated rings. The summed E-state index contributed by atoms with van der Waals surface area (Å²) in [6.45, 7) is 5.46. The molecule has 1 unspecified atom stereocenters. The molecule has 0 aromatic carbocycles. The third-order valence-electron chi connectivity index (χ3n) is 1.31. The van der Waals surface area contributed by atoms with Crippen molar-refractivity contribution < 1.29 is 4.79 Å². The standard InChI is InChI=1S/C7H13NOS/c1-4-5(2)7(8)10-6(3)9/h5,8H,4H2,1-3H3. The number of carbonyl (C=O) groups excluding carboxylic acids is 1. The van der Waals surface area contributed by atoms with Crippen LogP contribution in [0.25, 0.3) is 0 Å². The summed E-state index contributed by atoms with van der Waals surface area (Å²) in [5.74, 6) is 0.230. The molecule has 0 saturated carbocycles. The summed E-state index contributed by atoms with van der Waals surface area (Å²) in [6, 6.07) is 0. The second kappa shape index (κ2) is 4.50. The van der Waals surface area contributed by atoms with E-state index in [-0.39, 0.29) is 11.0 Å². The molecule has 0 saturated heterocycles. The average molecular weight is 159 g/mol. The van der Waals surface area contributed by atoms with Crippen LogP contribution in [-0.4, -0.2) is 10.2 Å². The lowest BCUT2D eigenvalue weighted by atomic mass is 10.1. The molecule has 0 spiro atoms. The van der Waals surface area contributed by atoms with Gasteiger partial charge in [-0.05, 0) is 18.2 Å². The summed E-state index contributed by atoms with van der Waals surface area (Å²) < 4.78 is 0. The van der Waals surface area contributed by atoms with Gasteiger partial charge in [-0.25, -0.2) is 0 Å². The first kappa shape index (κ1) is 9.69. The Kier molecular flexibility index (Phi) is 4.36. The van der Waals surface area contributed by atoms with E-state index in [1.807, 2.05) is 13.8 Å². The molecule has 0 aromatic heterocycles. The van der Waals surface area contributed by atoms with Gasteiger partial charge in [0.1, 0.15) is 0 Å². The second-order valence-electron chi connectivity index (χ2n) is 2.27. The molecule has 2 nitrogen and oxygen atoms in total. The first-order chi connectivity index (χ1) is 4.57. The van der Waals surface area contributed by atoms with Gasteiger partial charge in [0.2, 0.25) is 0 Å². The van der Waals surface area contributed by atoms with Gasteiger partial charge in [0.25, 0.3) is 0 Å². The average Bonchev–Trinajstić information content (AvgIpc) is 1.85. The molecule has 58 valence electrons. The van der Waals surface area contributed by atoms with Gasteiger partial charge < -0.3 is 0 Å². The normalized spacial score (nSPS) is 12.7. The molecule has 0 bridgehead atoms. The van der Waals surface area contributed by atoms with Crippen LogP contribution in [0.4, 0.5) is 0 Å². The summed E-state index contributed by atoms with van der Waals surface area (Å²) in [6.07, 6.45) is 0.930. The first-order valence-electron chi connectivity index (χ1n) is 3.34. The lowest BCUT2D eigenvalue weighted by molar-refractivity contribution is -0.109. The van der Waals surface area contributed by atoms with E-state index in [1.54, 1.807) is 0 Å². The Balaban J connectivity index is 3.73. The summed E-state index contributed by atoms with van der Waals surface area (Å²) in [5.41, 5.74) is 0. The van der Waals surface area contributed by atoms with Crippen LogP contribution in [0, 0.1) is 11.3 Å². The van der Waals surface area contributed by atoms with E-state index in [2.05, 4.69) is 0 Å². The molecule has 0 aliphatic heterocycles. The molecule has 1 N–H and O–H groups in total. The summed E-state index contributed by atoms with van der Waals surface area (Å²) in [7, 11) is 0. The molecule has 3 heteroatoms. The Morgan fingerprint density at radius 2 is 2.20 bits per heavy atom. The molecule has 0 heterocycles. The van der Waals surface area contributed by atoms with Crippen molar-refractivity contribution in [3.05, 3.63) is 0 Å². The Hall–Kier alpha value is -0.310. The second-order valence-corrected chi connectivity index (χ2v) is 3.49. The predicted octanol–water partition coefficient (Wildman–Crippen LogP) is 2.29. The maximum atomic E-state index is 10.5. The zero-order chi connectivity index (χ0) is 8.15. The van der Waals surface area contributed by atoms with Gasteiger partial charge in [0.15, 0.2) is 5.12 Å². The molecule has 0 rings (SSSR count). The Morgan fingerprint density at radius 3 is 2.50 bits per heavy atom. The van der Waals surface area contributed by atoms with Gasteiger partial charge in [0, 0.05) is 12.8 Å². The third kappa shape index (κ3) is 3.67. The molecule has 0 aromatic rings. The molecule has 0 amide bonds. The quantitative estimate of drug-likeness (QED) is 0.496. The van der Waals surface area contributed by atoms with E-state index >= 15 is 0 Å². The Morgan fingerprint density at radius 1 is 1.70 bits per heavy atom. The van der Waals surface area contributed by atoms with Gasteiger partial charge in [-0.1, -0.05) is 13.8 Å². The highest BCUT2D eigenvalue weighted by Gasteiger charge is 2.08. The minimum Gasteiger partial charge on any atom is -0.298 e. The molecular formula is C7H13NOS. The van der Waals surface area contributed by atoms with Gasteiger partial charge in [-0.15, -0.1) is 0 Å². The van der Waals surface area contributed by atoms with Crippen molar-refractivity contribution in [3.63, 3.8) is 0 Å². The highest BCUT2D eigenvalue weighted by Crippen LogP contribution is 2.14. The summed E-state index contributed by atoms with van der Waals surface area (Å²) in [4.78, 5) is 10.5. The fourth-order valence-electron chi connectivity index (χ4n) is 0.441. The van der Waals surface area contributed by atoms with Crippen molar-refractivity contribution >= 4 is 21.9 Å².